The predicted octanol–water partition coefficient (Wildman–Crippen LogP) is 3.38. The number of hydrogen-bond acceptors (Lipinski definition) is 6. The lowest BCUT2D eigenvalue weighted by Crippen LogP contribution is -2.42. The Bertz CT molecular complexity index is 1400. The Morgan fingerprint density at radius 3 is 2.68 bits per heavy atom. The van der Waals surface area contributed by atoms with Crippen LogP contribution in [-0.4, -0.2) is 54.6 Å². The zero-order valence-electron chi connectivity index (χ0n) is 19.1. The summed E-state index contributed by atoms with van der Waals surface area (Å²) >= 11 is 0. The maximum Gasteiger partial charge on any atom is 0.164 e. The Kier molecular flexibility index (Phi) is 5.11. The zero-order valence-corrected chi connectivity index (χ0v) is 19.1. The summed E-state index contributed by atoms with van der Waals surface area (Å²) in [4.78, 5) is 20.1. The predicted molar refractivity (Wildman–Crippen MR) is 124 cm³/mol. The van der Waals surface area contributed by atoms with Gasteiger partial charge in [-0.1, -0.05) is 12.1 Å². The number of aromatic nitrogens is 5. The van der Waals surface area contributed by atoms with Crippen LogP contribution in [0.25, 0.3) is 22.6 Å². The molecule has 2 atom stereocenters. The second-order valence-electron chi connectivity index (χ2n) is 9.29. The van der Waals surface area contributed by atoms with Crippen molar-refractivity contribution >= 4 is 11.2 Å². The quantitative estimate of drug-likeness (QED) is 0.491. The van der Waals surface area contributed by atoms with Crippen LogP contribution < -0.4 is 5.32 Å². The molecule has 0 unspecified atom stereocenters. The fourth-order valence-corrected chi connectivity index (χ4v) is 5.24. The molecule has 6 rings (SSSR count). The highest BCUT2D eigenvalue weighted by Gasteiger charge is 2.37. The Balaban J connectivity index is 1.36. The van der Waals surface area contributed by atoms with E-state index in [1.165, 1.54) is 12.5 Å². The van der Waals surface area contributed by atoms with Crippen molar-refractivity contribution < 1.29 is 8.78 Å². The highest BCUT2D eigenvalue weighted by molar-refractivity contribution is 5.79. The van der Waals surface area contributed by atoms with Gasteiger partial charge in [0.05, 0.1) is 18.4 Å². The van der Waals surface area contributed by atoms with Crippen molar-refractivity contribution in [2.45, 2.75) is 45.4 Å². The van der Waals surface area contributed by atoms with E-state index in [1.54, 1.807) is 12.3 Å². The molecular weight excluding hydrogens is 436 g/mol. The first kappa shape index (κ1) is 21.2. The highest BCUT2D eigenvalue weighted by atomic mass is 19.1. The molecule has 5 heterocycles. The van der Waals surface area contributed by atoms with Gasteiger partial charge in [0.1, 0.15) is 28.8 Å². The van der Waals surface area contributed by atoms with E-state index in [0.29, 0.717) is 46.0 Å². The minimum Gasteiger partial charge on any atom is -0.311 e. The van der Waals surface area contributed by atoms with E-state index in [1.807, 2.05) is 30.5 Å². The summed E-state index contributed by atoms with van der Waals surface area (Å²) in [5.41, 5.74) is 3.91. The molecule has 2 fully saturated rings. The maximum absolute atomic E-state index is 15.3. The van der Waals surface area contributed by atoms with Gasteiger partial charge in [-0.15, -0.1) is 0 Å². The number of likely N-dealkylation sites (tertiary alicyclic amines) is 1. The first-order valence-electron chi connectivity index (χ1n) is 11.5. The molecule has 7 nitrogen and oxygen atoms in total. The van der Waals surface area contributed by atoms with Gasteiger partial charge in [-0.3, -0.25) is 9.88 Å². The lowest BCUT2D eigenvalue weighted by atomic mass is 10.1. The molecule has 9 heteroatoms. The van der Waals surface area contributed by atoms with Crippen LogP contribution in [0.4, 0.5) is 8.78 Å². The SMILES string of the molecule is Cc1nc(C)c2nc(-c3cncc(F)c3)n(Cc3ccc(CN4C[C@@H]5C[C@H]4CN5)cc3F)c2n1. The molecule has 0 radical (unpaired) electrons. The number of nitrogens with one attached hydrogen (secondary N) is 1. The highest BCUT2D eigenvalue weighted by Crippen LogP contribution is 2.28. The molecule has 4 aromatic rings. The molecule has 1 aromatic carbocycles. The number of hydrogen-bond donors (Lipinski definition) is 1. The van der Waals surface area contributed by atoms with Crippen LogP contribution >= 0.6 is 0 Å². The summed E-state index contributed by atoms with van der Waals surface area (Å²) in [7, 11) is 0. The summed E-state index contributed by atoms with van der Waals surface area (Å²) in [6.07, 6.45) is 3.87. The normalized spacial score (nSPS) is 20.0. The van der Waals surface area contributed by atoms with Crippen molar-refractivity contribution in [3.05, 3.63) is 70.9 Å². The van der Waals surface area contributed by atoms with Crippen LogP contribution in [-0.2, 0) is 13.1 Å². The fourth-order valence-electron chi connectivity index (χ4n) is 5.24. The average Bonchev–Trinajstić information content (AvgIpc) is 3.51. The third-order valence-corrected chi connectivity index (χ3v) is 6.85. The number of piperazine rings is 1. The summed E-state index contributed by atoms with van der Waals surface area (Å²) in [6.45, 7) is 6.65. The molecule has 34 heavy (non-hydrogen) atoms. The van der Waals surface area contributed by atoms with E-state index >= 15 is 4.39 Å². The second-order valence-corrected chi connectivity index (χ2v) is 9.29. The molecule has 3 aromatic heterocycles. The Morgan fingerprint density at radius 2 is 1.94 bits per heavy atom. The van der Waals surface area contributed by atoms with Crippen LogP contribution in [0.1, 0.15) is 29.1 Å². The molecule has 2 aliphatic rings. The minimum absolute atomic E-state index is 0.211. The van der Waals surface area contributed by atoms with E-state index in [-0.39, 0.29) is 12.4 Å². The van der Waals surface area contributed by atoms with Crippen molar-refractivity contribution in [1.82, 2.24) is 34.7 Å². The molecule has 1 N–H and O–H groups in total. The number of nitrogens with zero attached hydrogens (tertiary/aromatic N) is 6. The van der Waals surface area contributed by atoms with Gasteiger partial charge in [-0.2, -0.15) is 0 Å². The lowest BCUT2D eigenvalue weighted by molar-refractivity contribution is 0.217. The largest absolute Gasteiger partial charge is 0.311 e. The van der Waals surface area contributed by atoms with Crippen molar-refractivity contribution in [3.63, 3.8) is 0 Å². The molecule has 0 spiro atoms. The maximum atomic E-state index is 15.3. The van der Waals surface area contributed by atoms with Gasteiger partial charge in [0.25, 0.3) is 0 Å². The van der Waals surface area contributed by atoms with Gasteiger partial charge in [0.15, 0.2) is 5.65 Å². The molecule has 2 bridgehead atoms. The number of imidazole rings is 1. The van der Waals surface area contributed by atoms with Gasteiger partial charge in [-0.05, 0) is 38.0 Å². The van der Waals surface area contributed by atoms with E-state index in [2.05, 4.69) is 25.2 Å². The van der Waals surface area contributed by atoms with Gasteiger partial charge >= 0.3 is 0 Å². The summed E-state index contributed by atoms with van der Waals surface area (Å²) in [5, 5.41) is 3.50. The lowest BCUT2D eigenvalue weighted by Gasteiger charge is -2.27. The molecule has 0 aliphatic carbocycles. The molecule has 174 valence electrons. The summed E-state index contributed by atoms with van der Waals surface area (Å²) < 4.78 is 31.1. The van der Waals surface area contributed by atoms with Gasteiger partial charge in [0, 0.05) is 49.0 Å². The topological polar surface area (TPSA) is 71.8 Å². The van der Waals surface area contributed by atoms with E-state index in [0.717, 1.165) is 37.1 Å². The number of halogens is 2. The van der Waals surface area contributed by atoms with Gasteiger partial charge in [0.2, 0.25) is 0 Å². The molecule has 0 amide bonds. The van der Waals surface area contributed by atoms with Crippen LogP contribution in [0.5, 0.6) is 0 Å². The molecule has 0 saturated carbocycles. The Hall–Kier alpha value is -3.30. The third-order valence-electron chi connectivity index (χ3n) is 6.85. The van der Waals surface area contributed by atoms with Crippen LogP contribution in [0.15, 0.2) is 36.7 Å². The number of pyridine rings is 1. The third kappa shape index (κ3) is 3.74. The van der Waals surface area contributed by atoms with E-state index in [4.69, 9.17) is 4.98 Å². The van der Waals surface area contributed by atoms with E-state index < -0.39 is 5.82 Å². The first-order chi connectivity index (χ1) is 16.4. The van der Waals surface area contributed by atoms with Crippen molar-refractivity contribution in [2.75, 3.05) is 13.1 Å². The smallest absolute Gasteiger partial charge is 0.164 e. The van der Waals surface area contributed by atoms with Crippen molar-refractivity contribution in [2.24, 2.45) is 0 Å². The minimum atomic E-state index is -0.462. The standard InChI is InChI=1S/C25H25F2N7/c1-14-23-25(31-15(2)30-14)34(24(32-23)18-6-19(26)9-28-8-18)12-17-4-3-16(5-22(17)27)11-33-13-20-7-21(33)10-29-20/h3-6,8-9,20-21,29H,7,10-13H2,1-2H3/t20-,21-/m0/s1. The Labute approximate surface area is 195 Å². The molecular formula is C25H25F2N7. The second kappa shape index (κ2) is 8.18. The average molecular weight is 462 g/mol. The summed E-state index contributed by atoms with van der Waals surface area (Å²) in [5.74, 6) is 0.346. The number of aryl methyl sites for hydroxylation is 2. The Morgan fingerprint density at radius 1 is 1.06 bits per heavy atom. The summed E-state index contributed by atoms with van der Waals surface area (Å²) in [6, 6.07) is 7.93. The monoisotopic (exact) mass is 461 g/mol. The van der Waals surface area contributed by atoms with Gasteiger partial charge < -0.3 is 9.88 Å². The van der Waals surface area contributed by atoms with Crippen LogP contribution in [0.3, 0.4) is 0 Å². The number of rotatable bonds is 5. The number of benzene rings is 1. The number of fused-ring (bicyclic) bond motifs is 3. The molecule has 2 saturated heterocycles. The first-order valence-corrected chi connectivity index (χ1v) is 11.5. The molecule has 2 aliphatic heterocycles. The van der Waals surface area contributed by atoms with Crippen LogP contribution in [0.2, 0.25) is 0 Å². The van der Waals surface area contributed by atoms with Crippen LogP contribution in [0, 0.1) is 25.5 Å². The van der Waals surface area contributed by atoms with E-state index in [9.17, 15) is 4.39 Å². The zero-order chi connectivity index (χ0) is 23.4. The fraction of sp³-hybridized carbons (Fsp3) is 0.360. The van der Waals surface area contributed by atoms with Crippen molar-refractivity contribution in [3.8, 4) is 11.4 Å². The van der Waals surface area contributed by atoms with Gasteiger partial charge in [-0.25, -0.2) is 23.7 Å². The van der Waals surface area contributed by atoms with Crippen molar-refractivity contribution in [1.29, 1.82) is 0 Å².